The Kier molecular flexibility index (Phi) is 6.81. The van der Waals surface area contributed by atoms with Gasteiger partial charge in [-0.1, -0.05) is 0 Å². The Bertz CT molecular complexity index is 936. The topological polar surface area (TPSA) is 94.1 Å². The second-order valence-electron chi connectivity index (χ2n) is 7.30. The van der Waals surface area contributed by atoms with Crippen molar-refractivity contribution in [3.8, 4) is 5.88 Å². The first kappa shape index (κ1) is 22.6. The van der Waals surface area contributed by atoms with Gasteiger partial charge in [0.15, 0.2) is 12.3 Å². The Morgan fingerprint density at radius 1 is 1.23 bits per heavy atom. The molecule has 2 heterocycles. The summed E-state index contributed by atoms with van der Waals surface area (Å²) in [7, 11) is 0. The number of ketones is 1. The highest BCUT2D eigenvalue weighted by Crippen LogP contribution is 2.31. The molecule has 0 aliphatic heterocycles. The summed E-state index contributed by atoms with van der Waals surface area (Å²) < 4.78 is 54.5. The fraction of sp³-hybridized carbons (Fsp3) is 0.450. The van der Waals surface area contributed by atoms with Gasteiger partial charge in [-0.2, -0.15) is 8.78 Å². The maximum absolute atomic E-state index is 12.9. The van der Waals surface area contributed by atoms with E-state index in [1.54, 1.807) is 25.3 Å². The summed E-state index contributed by atoms with van der Waals surface area (Å²) in [6, 6.07) is 5.28. The smallest absolute Gasteiger partial charge is 0.340 e. The molecule has 0 radical (unpaired) electrons. The van der Waals surface area contributed by atoms with E-state index in [2.05, 4.69) is 25.2 Å². The Morgan fingerprint density at radius 2 is 1.97 bits per heavy atom. The zero-order chi connectivity index (χ0) is 22.6. The molecular weight excluding hydrogens is 420 g/mol. The van der Waals surface area contributed by atoms with E-state index < -0.39 is 36.8 Å². The number of nitrogens with zero attached hydrogens (tertiary/aromatic N) is 3. The largest absolute Gasteiger partial charge is 0.470 e. The van der Waals surface area contributed by atoms with Crippen molar-refractivity contribution in [3.05, 3.63) is 47.4 Å². The van der Waals surface area contributed by atoms with Crippen molar-refractivity contribution in [2.75, 3.05) is 6.61 Å². The summed E-state index contributed by atoms with van der Waals surface area (Å²) >= 11 is 0. The number of nitrogens with one attached hydrogen (secondary N) is 1. The molecule has 1 saturated carbocycles. The maximum Gasteiger partial charge on any atom is 0.340 e. The number of ether oxygens (including phenoxy) is 1. The van der Waals surface area contributed by atoms with Gasteiger partial charge in [-0.3, -0.25) is 14.6 Å². The maximum atomic E-state index is 12.9. The number of carbonyl (C=O) groups is 2. The lowest BCUT2D eigenvalue weighted by atomic mass is 10.1. The van der Waals surface area contributed by atoms with Crippen molar-refractivity contribution < 1.29 is 31.9 Å². The minimum Gasteiger partial charge on any atom is -0.470 e. The summed E-state index contributed by atoms with van der Waals surface area (Å²) in [6.45, 7) is 0.173. The van der Waals surface area contributed by atoms with Gasteiger partial charge in [0, 0.05) is 30.3 Å². The number of carbonyl (C=O) groups excluding carboxylic acids is 2. The molecule has 0 bridgehead atoms. The van der Waals surface area contributed by atoms with Gasteiger partial charge in [-0.05, 0) is 43.5 Å². The van der Waals surface area contributed by atoms with E-state index in [9.17, 15) is 27.2 Å². The van der Waals surface area contributed by atoms with Crippen LogP contribution >= 0.6 is 0 Å². The molecule has 1 fully saturated rings. The van der Waals surface area contributed by atoms with Crippen LogP contribution in [-0.2, 0) is 11.2 Å². The van der Waals surface area contributed by atoms with E-state index in [0.717, 1.165) is 24.5 Å². The van der Waals surface area contributed by atoms with E-state index in [0.29, 0.717) is 5.69 Å². The van der Waals surface area contributed by atoms with Crippen LogP contribution in [0.15, 0.2) is 30.5 Å². The molecule has 0 saturated heterocycles. The molecule has 166 valence electrons. The Hall–Kier alpha value is -3.11. The molecule has 31 heavy (non-hydrogen) atoms. The predicted molar refractivity (Wildman–Crippen MR) is 100 cm³/mol. The number of aromatic nitrogens is 3. The van der Waals surface area contributed by atoms with Gasteiger partial charge in [0.25, 0.3) is 5.91 Å². The lowest BCUT2D eigenvalue weighted by Gasteiger charge is -2.16. The van der Waals surface area contributed by atoms with Crippen molar-refractivity contribution in [1.82, 2.24) is 20.5 Å². The van der Waals surface area contributed by atoms with E-state index in [4.69, 9.17) is 0 Å². The molecular formula is C20H20F4N4O3. The number of pyridine rings is 1. The van der Waals surface area contributed by atoms with E-state index in [1.807, 2.05) is 0 Å². The van der Waals surface area contributed by atoms with Crippen LogP contribution in [0, 0.1) is 5.92 Å². The molecule has 3 rings (SSSR count). The van der Waals surface area contributed by atoms with Gasteiger partial charge >= 0.3 is 12.3 Å². The molecule has 7 nitrogen and oxygen atoms in total. The number of Topliss-reactive ketones (excluding diaryl/α,β-unsaturated/α-hetero) is 1. The van der Waals surface area contributed by atoms with E-state index in [1.165, 1.54) is 6.07 Å². The molecule has 2 aromatic rings. The van der Waals surface area contributed by atoms with Crippen LogP contribution in [-0.4, -0.2) is 45.8 Å². The van der Waals surface area contributed by atoms with Gasteiger partial charge in [-0.15, -0.1) is 10.2 Å². The summed E-state index contributed by atoms with van der Waals surface area (Å²) in [5.41, 5.74) is 1.25. The van der Waals surface area contributed by atoms with Gasteiger partial charge in [0.2, 0.25) is 5.88 Å². The number of alkyl halides is 4. The van der Waals surface area contributed by atoms with Crippen LogP contribution in [0.5, 0.6) is 5.88 Å². The fourth-order valence-electron chi connectivity index (χ4n) is 2.70. The third-order valence-corrected chi connectivity index (χ3v) is 4.68. The first-order valence-electron chi connectivity index (χ1n) is 9.56. The molecule has 1 aliphatic carbocycles. The summed E-state index contributed by atoms with van der Waals surface area (Å²) in [5, 5.41) is 9.73. The quantitative estimate of drug-likeness (QED) is 0.571. The van der Waals surface area contributed by atoms with Crippen LogP contribution < -0.4 is 10.1 Å². The first-order chi connectivity index (χ1) is 14.7. The van der Waals surface area contributed by atoms with E-state index in [-0.39, 0.29) is 23.8 Å². The lowest BCUT2D eigenvalue weighted by Crippen LogP contribution is -2.34. The molecule has 0 spiro atoms. The molecule has 1 unspecified atom stereocenters. The van der Waals surface area contributed by atoms with Crippen molar-refractivity contribution in [2.24, 2.45) is 5.92 Å². The normalized spacial score (nSPS) is 14.9. The summed E-state index contributed by atoms with van der Waals surface area (Å²) in [4.78, 5) is 28.5. The van der Waals surface area contributed by atoms with Crippen LogP contribution in [0.4, 0.5) is 17.6 Å². The van der Waals surface area contributed by atoms with Gasteiger partial charge in [0.1, 0.15) is 5.78 Å². The highest BCUT2D eigenvalue weighted by molar-refractivity contribution is 5.92. The summed E-state index contributed by atoms with van der Waals surface area (Å²) in [5.74, 6) is -5.03. The molecule has 1 aliphatic rings. The first-order valence-corrected chi connectivity index (χ1v) is 9.56. The molecule has 1 N–H and O–H groups in total. The van der Waals surface area contributed by atoms with E-state index >= 15 is 0 Å². The number of amides is 1. The number of halogens is 4. The number of hydrogen-bond donors (Lipinski definition) is 1. The fourth-order valence-corrected chi connectivity index (χ4v) is 2.70. The summed E-state index contributed by atoms with van der Waals surface area (Å²) in [6.07, 6.45) is -0.215. The van der Waals surface area contributed by atoms with Crippen molar-refractivity contribution in [2.45, 2.75) is 44.6 Å². The molecule has 11 heteroatoms. The van der Waals surface area contributed by atoms with Crippen LogP contribution in [0.25, 0.3) is 0 Å². The molecule has 1 amide bonds. The second-order valence-corrected chi connectivity index (χ2v) is 7.30. The standard InChI is InChI=1S/C20H20F4N4O3/c1-11(13-6-7-25-14(8-13)9-16(29)12-2-3-12)26-18(30)15-4-5-17(28-27-15)31-10-20(23,24)19(21)22/h4-8,11-12,19H,2-3,9-10H2,1H3,(H,26,30). The average Bonchev–Trinajstić information content (AvgIpc) is 3.58. The minimum absolute atomic E-state index is 0.113. The molecule has 1 atom stereocenters. The highest BCUT2D eigenvalue weighted by atomic mass is 19.3. The average molecular weight is 440 g/mol. The van der Waals surface area contributed by atoms with Crippen LogP contribution in [0.3, 0.4) is 0 Å². The Balaban J connectivity index is 1.56. The monoisotopic (exact) mass is 440 g/mol. The Labute approximate surface area is 175 Å². The zero-order valence-electron chi connectivity index (χ0n) is 16.5. The minimum atomic E-state index is -4.32. The van der Waals surface area contributed by atoms with Gasteiger partial charge < -0.3 is 10.1 Å². The van der Waals surface area contributed by atoms with Gasteiger partial charge in [-0.25, -0.2) is 8.78 Å². The molecule has 0 aromatic carbocycles. The number of rotatable bonds is 10. The van der Waals surface area contributed by atoms with Crippen molar-refractivity contribution in [3.63, 3.8) is 0 Å². The lowest BCUT2D eigenvalue weighted by molar-refractivity contribution is -0.148. The van der Waals surface area contributed by atoms with Crippen molar-refractivity contribution in [1.29, 1.82) is 0 Å². The van der Waals surface area contributed by atoms with Crippen LogP contribution in [0.2, 0.25) is 0 Å². The zero-order valence-corrected chi connectivity index (χ0v) is 16.5. The van der Waals surface area contributed by atoms with Crippen LogP contribution in [0.1, 0.15) is 47.6 Å². The third-order valence-electron chi connectivity index (χ3n) is 4.68. The Morgan fingerprint density at radius 3 is 2.58 bits per heavy atom. The second kappa shape index (κ2) is 9.36. The van der Waals surface area contributed by atoms with Gasteiger partial charge in [0.05, 0.1) is 6.04 Å². The molecule has 2 aromatic heterocycles. The SMILES string of the molecule is CC(NC(=O)c1ccc(OCC(F)(F)C(F)F)nn1)c1ccnc(CC(=O)C2CC2)c1. The van der Waals surface area contributed by atoms with Crippen molar-refractivity contribution >= 4 is 11.7 Å². The predicted octanol–water partition coefficient (Wildman–Crippen LogP) is 3.16. The third kappa shape index (κ3) is 6.19. The highest BCUT2D eigenvalue weighted by Gasteiger charge is 2.41. The number of hydrogen-bond acceptors (Lipinski definition) is 6.